The number of anilines is 3. The van der Waals surface area contributed by atoms with Crippen LogP contribution in [-0.2, 0) is 16.6 Å². The summed E-state index contributed by atoms with van der Waals surface area (Å²) in [6, 6.07) is 17.6. The predicted octanol–water partition coefficient (Wildman–Crippen LogP) is 3.14. The molecular weight excluding hydrogens is 458 g/mol. The molecule has 4 heterocycles. The van der Waals surface area contributed by atoms with E-state index in [9.17, 15) is 4.79 Å². The number of aryl methyl sites for hydroxylation is 1. The number of rotatable bonds is 5. The highest BCUT2D eigenvalue weighted by Crippen LogP contribution is 2.33. The molecule has 4 aromatic rings. The van der Waals surface area contributed by atoms with Gasteiger partial charge in [0.05, 0.1) is 42.7 Å². The average molecular weight is 484 g/mol. The Morgan fingerprint density at radius 3 is 2.64 bits per heavy atom. The van der Waals surface area contributed by atoms with Gasteiger partial charge in [-0.25, -0.2) is 9.98 Å². The molecule has 1 fully saturated rings. The lowest BCUT2D eigenvalue weighted by Gasteiger charge is -2.28. The number of fused-ring (bicyclic) bond motifs is 1. The SMILES string of the molecule is Cn1ncc(N2CCOCC2)c1-c1cnc(NC2N=C(c3ccccc3)c3ccccc3NC2=O)o1. The number of ether oxygens (including phenoxy) is 1. The van der Waals surface area contributed by atoms with E-state index in [-0.39, 0.29) is 11.9 Å². The second-order valence-electron chi connectivity index (χ2n) is 8.56. The third-order valence-corrected chi connectivity index (χ3v) is 6.26. The second kappa shape index (κ2) is 9.31. The fraction of sp³-hybridized carbons (Fsp3) is 0.231. The highest BCUT2D eigenvalue weighted by molar-refractivity contribution is 6.19. The lowest BCUT2D eigenvalue weighted by Crippen LogP contribution is -2.36. The number of hydrogen-bond donors (Lipinski definition) is 2. The first-order valence-corrected chi connectivity index (χ1v) is 11.8. The van der Waals surface area contributed by atoms with Gasteiger partial charge in [-0.05, 0) is 6.07 Å². The van der Waals surface area contributed by atoms with Crippen LogP contribution in [0.15, 0.2) is 76.4 Å². The van der Waals surface area contributed by atoms with Gasteiger partial charge in [0.15, 0.2) is 5.76 Å². The van der Waals surface area contributed by atoms with E-state index in [4.69, 9.17) is 14.1 Å². The normalized spacial score (nSPS) is 17.7. The van der Waals surface area contributed by atoms with Gasteiger partial charge in [-0.3, -0.25) is 9.48 Å². The van der Waals surface area contributed by atoms with Gasteiger partial charge in [0, 0.05) is 31.3 Å². The van der Waals surface area contributed by atoms with E-state index in [1.165, 1.54) is 0 Å². The molecule has 1 amide bonds. The lowest BCUT2D eigenvalue weighted by atomic mass is 10.0. The summed E-state index contributed by atoms with van der Waals surface area (Å²) in [7, 11) is 1.86. The van der Waals surface area contributed by atoms with Crippen LogP contribution in [0.3, 0.4) is 0 Å². The van der Waals surface area contributed by atoms with Crippen LogP contribution in [0.5, 0.6) is 0 Å². The fourth-order valence-corrected chi connectivity index (χ4v) is 4.50. The smallest absolute Gasteiger partial charge is 0.297 e. The van der Waals surface area contributed by atoms with Gasteiger partial charge < -0.3 is 24.7 Å². The Hall–Kier alpha value is -4.44. The highest BCUT2D eigenvalue weighted by Gasteiger charge is 2.28. The van der Waals surface area contributed by atoms with Gasteiger partial charge in [0.25, 0.3) is 11.9 Å². The topological polar surface area (TPSA) is 110 Å². The van der Waals surface area contributed by atoms with Crippen LogP contribution < -0.4 is 15.5 Å². The Bertz CT molecular complexity index is 1420. The molecule has 2 aliphatic heterocycles. The first-order valence-electron chi connectivity index (χ1n) is 11.8. The largest absolute Gasteiger partial charge is 0.422 e. The number of aromatic nitrogens is 3. The number of morpholine rings is 1. The van der Waals surface area contributed by atoms with Crippen molar-refractivity contribution in [1.29, 1.82) is 0 Å². The molecule has 1 unspecified atom stereocenters. The second-order valence-corrected chi connectivity index (χ2v) is 8.56. The minimum Gasteiger partial charge on any atom is -0.422 e. The van der Waals surface area contributed by atoms with Crippen LogP contribution in [0.1, 0.15) is 11.1 Å². The Morgan fingerprint density at radius 2 is 1.81 bits per heavy atom. The van der Waals surface area contributed by atoms with Crippen molar-refractivity contribution in [2.24, 2.45) is 12.0 Å². The van der Waals surface area contributed by atoms with E-state index in [0.717, 1.165) is 35.6 Å². The van der Waals surface area contributed by atoms with Gasteiger partial charge in [0.1, 0.15) is 5.69 Å². The molecule has 0 spiro atoms. The number of para-hydroxylation sites is 1. The average Bonchev–Trinajstić information content (AvgIpc) is 3.50. The maximum Gasteiger partial charge on any atom is 0.297 e. The maximum atomic E-state index is 13.1. The van der Waals surface area contributed by atoms with Crippen LogP contribution in [0.25, 0.3) is 11.5 Å². The number of carbonyl (C=O) groups is 1. The molecule has 1 saturated heterocycles. The molecule has 2 aliphatic rings. The van der Waals surface area contributed by atoms with Crippen molar-refractivity contribution in [1.82, 2.24) is 14.8 Å². The third-order valence-electron chi connectivity index (χ3n) is 6.26. The summed E-state index contributed by atoms with van der Waals surface area (Å²) in [5, 5.41) is 10.5. The number of benzodiazepines with no additional fused rings is 1. The van der Waals surface area contributed by atoms with Crippen molar-refractivity contribution in [2.75, 3.05) is 41.8 Å². The molecule has 10 heteroatoms. The van der Waals surface area contributed by atoms with Crippen molar-refractivity contribution >= 4 is 29.0 Å². The molecular formula is C26H25N7O3. The van der Waals surface area contributed by atoms with Gasteiger partial charge in [-0.15, -0.1) is 0 Å². The standard InChI is InChI=1S/C26H25N7O3/c1-32-23(20(15-28-32)33-11-13-35-14-12-33)21-16-27-26(36-21)31-24-25(34)29-19-10-6-5-9-18(19)22(30-24)17-7-3-2-4-8-17/h2-10,15-16,24H,11-14H2,1H3,(H,27,31)(H,29,34). The Kier molecular flexibility index (Phi) is 5.70. The van der Waals surface area contributed by atoms with E-state index in [1.54, 1.807) is 10.9 Å². The summed E-state index contributed by atoms with van der Waals surface area (Å²) in [5.41, 5.74) is 4.92. The summed E-state index contributed by atoms with van der Waals surface area (Å²) in [5.74, 6) is 0.242. The fourth-order valence-electron chi connectivity index (χ4n) is 4.50. The monoisotopic (exact) mass is 483 g/mol. The Labute approximate surface area is 207 Å². The Morgan fingerprint density at radius 1 is 1.03 bits per heavy atom. The van der Waals surface area contributed by atoms with E-state index < -0.39 is 6.17 Å². The molecule has 10 nitrogen and oxygen atoms in total. The number of nitrogens with one attached hydrogen (secondary N) is 2. The van der Waals surface area contributed by atoms with Crippen LogP contribution in [0.2, 0.25) is 0 Å². The Balaban J connectivity index is 1.32. The summed E-state index contributed by atoms with van der Waals surface area (Å²) >= 11 is 0. The highest BCUT2D eigenvalue weighted by atomic mass is 16.5. The van der Waals surface area contributed by atoms with Crippen LogP contribution in [0, 0.1) is 0 Å². The zero-order valence-electron chi connectivity index (χ0n) is 19.7. The number of oxazole rings is 1. The predicted molar refractivity (Wildman–Crippen MR) is 136 cm³/mol. The summed E-state index contributed by atoms with van der Waals surface area (Å²) in [4.78, 5) is 24.5. The van der Waals surface area contributed by atoms with E-state index >= 15 is 0 Å². The number of nitrogens with zero attached hydrogens (tertiary/aromatic N) is 5. The molecule has 1 atom stereocenters. The van der Waals surface area contributed by atoms with E-state index in [2.05, 4.69) is 25.6 Å². The van der Waals surface area contributed by atoms with Gasteiger partial charge in [-0.1, -0.05) is 48.5 Å². The van der Waals surface area contributed by atoms with E-state index in [0.29, 0.717) is 30.4 Å². The maximum absolute atomic E-state index is 13.1. The van der Waals surface area contributed by atoms with Crippen molar-refractivity contribution < 1.29 is 13.9 Å². The summed E-state index contributed by atoms with van der Waals surface area (Å²) in [6.07, 6.45) is 2.52. The summed E-state index contributed by atoms with van der Waals surface area (Å²) < 4.78 is 13.3. The molecule has 2 aromatic heterocycles. The molecule has 6 rings (SSSR count). The van der Waals surface area contributed by atoms with Crippen molar-refractivity contribution in [2.45, 2.75) is 6.17 Å². The zero-order valence-corrected chi connectivity index (χ0v) is 19.7. The number of amides is 1. The van der Waals surface area contributed by atoms with E-state index in [1.807, 2.05) is 67.8 Å². The number of aliphatic imine (C=N–C) groups is 1. The number of benzene rings is 2. The van der Waals surface area contributed by atoms with Crippen molar-refractivity contribution in [3.8, 4) is 11.5 Å². The molecule has 0 radical (unpaired) electrons. The van der Waals surface area contributed by atoms with Crippen LogP contribution in [-0.4, -0.2) is 58.9 Å². The summed E-state index contributed by atoms with van der Waals surface area (Å²) in [6.45, 7) is 2.88. The first-order chi connectivity index (χ1) is 17.7. The minimum atomic E-state index is -0.940. The third kappa shape index (κ3) is 4.11. The first kappa shape index (κ1) is 22.1. The molecule has 0 bridgehead atoms. The minimum absolute atomic E-state index is 0.196. The molecule has 2 aromatic carbocycles. The molecule has 0 saturated carbocycles. The molecule has 0 aliphatic carbocycles. The van der Waals surface area contributed by atoms with Crippen molar-refractivity contribution in [3.63, 3.8) is 0 Å². The van der Waals surface area contributed by atoms with Gasteiger partial charge in [-0.2, -0.15) is 5.10 Å². The number of carbonyl (C=O) groups excluding carboxylic acids is 1. The van der Waals surface area contributed by atoms with Crippen molar-refractivity contribution in [3.05, 3.63) is 78.1 Å². The van der Waals surface area contributed by atoms with Crippen LogP contribution >= 0.6 is 0 Å². The molecule has 2 N–H and O–H groups in total. The molecule has 36 heavy (non-hydrogen) atoms. The number of hydrogen-bond acceptors (Lipinski definition) is 8. The van der Waals surface area contributed by atoms with Crippen LogP contribution in [0.4, 0.5) is 17.4 Å². The van der Waals surface area contributed by atoms with Gasteiger partial charge >= 0.3 is 0 Å². The zero-order chi connectivity index (χ0) is 24.5. The quantitative estimate of drug-likeness (QED) is 0.449. The van der Waals surface area contributed by atoms with Gasteiger partial charge in [0.2, 0.25) is 6.17 Å². The molecule has 182 valence electrons. The lowest BCUT2D eigenvalue weighted by molar-refractivity contribution is -0.116.